The fourth-order valence-corrected chi connectivity index (χ4v) is 13.6. The SMILES string of the molecule is Cc1cc2nc[nH]c2cc1C.Fc1c(F)c(F)[c]([Al]([c]2c(F)c(F)c(F)c(F)c2F)[c]2c(F)c(F)c(F)c(F)c2F)c(F)c1F.Fc1c(F)c(F)[c]([Al]([c]2c(F)c(F)c(F)c(F)c2F)[c]2c(F)c(F)c(F)c(F)c2F)c(F)c1F. The summed E-state index contributed by atoms with van der Waals surface area (Å²) in [4.78, 5) is 7.24. The summed E-state index contributed by atoms with van der Waals surface area (Å²) in [6.07, 6.45) is 1.73. The number of aryl methyl sites for hydroxylation is 2. The van der Waals surface area contributed by atoms with E-state index in [1.54, 1.807) is 6.33 Å². The molecule has 0 spiro atoms. The Morgan fingerprint density at radius 1 is 0.241 bits per heavy atom. The Morgan fingerprint density at radius 3 is 0.570 bits per heavy atom. The molecule has 0 aliphatic carbocycles. The zero-order valence-electron chi connectivity index (χ0n) is 37.2. The highest BCUT2D eigenvalue weighted by molar-refractivity contribution is 6.96. The number of H-pyrrole nitrogens is 1. The van der Waals surface area contributed by atoms with Crippen molar-refractivity contribution >= 4 is 65.9 Å². The number of fused-ring (bicyclic) bond motifs is 1. The fourth-order valence-electron chi connectivity index (χ4n) is 7.31. The zero-order chi connectivity index (χ0) is 59.8. The Hall–Kier alpha value is -7.03. The van der Waals surface area contributed by atoms with Crippen molar-refractivity contribution in [3.05, 3.63) is 204 Å². The molecule has 7 aromatic carbocycles. The predicted octanol–water partition coefficient (Wildman–Crippen LogP) is 10.8. The maximum absolute atomic E-state index is 14.4. The van der Waals surface area contributed by atoms with Crippen LogP contribution in [0, 0.1) is 188 Å². The van der Waals surface area contributed by atoms with Crippen molar-refractivity contribution in [2.45, 2.75) is 13.8 Å². The van der Waals surface area contributed by atoms with Crippen LogP contribution in [0.25, 0.3) is 11.0 Å². The standard InChI is InChI=1S/C9H10N2.6C6F5.2Al/c1-6-3-8-9(4-7(6)2)11-5-10-8;6*7-2-1-3(8)5(10)6(11)4(2)9;;/h3-5H,1-2H3,(H,10,11);;;;;;;;. The van der Waals surface area contributed by atoms with Crippen molar-refractivity contribution in [2.75, 3.05) is 0 Å². The van der Waals surface area contributed by atoms with Crippen LogP contribution in [-0.4, -0.2) is 38.3 Å². The van der Waals surface area contributed by atoms with Crippen LogP contribution in [0.15, 0.2) is 18.5 Å². The molecule has 0 unspecified atom stereocenters. The number of halogens is 30. The van der Waals surface area contributed by atoms with Gasteiger partial charge in [0.2, 0.25) is 0 Å². The minimum absolute atomic E-state index is 1.05. The lowest BCUT2D eigenvalue weighted by Gasteiger charge is -2.20. The smallest absolute Gasteiger partial charge is 0.345 e. The molecule has 0 radical (unpaired) electrons. The van der Waals surface area contributed by atoms with Gasteiger partial charge in [-0.25, -0.2) is 137 Å². The number of nitrogens with one attached hydrogen (secondary N) is 1. The third-order valence-corrected chi connectivity index (χ3v) is 17.7. The van der Waals surface area contributed by atoms with Crippen molar-refractivity contribution in [1.82, 2.24) is 9.97 Å². The molecule has 34 heteroatoms. The first-order valence-corrected chi connectivity index (χ1v) is 23.5. The molecule has 0 atom stereocenters. The lowest BCUT2D eigenvalue weighted by atomic mass is 10.1. The molecule has 416 valence electrons. The highest BCUT2D eigenvalue weighted by Crippen LogP contribution is 2.27. The predicted molar refractivity (Wildman–Crippen MR) is 212 cm³/mol. The summed E-state index contributed by atoms with van der Waals surface area (Å²) in [5, 5.41) is 0. The van der Waals surface area contributed by atoms with Gasteiger partial charge < -0.3 is 4.98 Å². The number of aromatic amines is 1. The van der Waals surface area contributed by atoms with E-state index in [0.717, 1.165) is 11.0 Å². The van der Waals surface area contributed by atoms with Crippen molar-refractivity contribution in [3.8, 4) is 0 Å². The number of hydrogen-bond acceptors (Lipinski definition) is 1. The maximum Gasteiger partial charge on any atom is 0.413 e. The minimum Gasteiger partial charge on any atom is -0.345 e. The normalized spacial score (nSPS) is 11.3. The molecule has 0 saturated heterocycles. The second-order valence-electron chi connectivity index (χ2n) is 15.6. The topological polar surface area (TPSA) is 28.7 Å². The molecule has 0 bridgehead atoms. The number of nitrogens with zero attached hydrogens (tertiary/aromatic N) is 1. The van der Waals surface area contributed by atoms with Gasteiger partial charge in [-0.1, -0.05) is 0 Å². The van der Waals surface area contributed by atoms with Crippen LogP contribution < -0.4 is 26.6 Å². The highest BCUT2D eigenvalue weighted by Gasteiger charge is 2.49. The van der Waals surface area contributed by atoms with Crippen LogP contribution in [0.4, 0.5) is 132 Å². The molecular formula is C45H10Al2F30N2. The van der Waals surface area contributed by atoms with E-state index in [2.05, 4.69) is 35.9 Å². The number of benzene rings is 7. The van der Waals surface area contributed by atoms with Gasteiger partial charge >= 0.3 is 28.3 Å². The van der Waals surface area contributed by atoms with Gasteiger partial charge in [-0.15, -0.1) is 0 Å². The molecule has 0 saturated carbocycles. The zero-order valence-corrected chi connectivity index (χ0v) is 39.5. The second kappa shape index (κ2) is 22.6. The largest absolute Gasteiger partial charge is 0.413 e. The summed E-state index contributed by atoms with van der Waals surface area (Å²) < 4.78 is 403. The first-order chi connectivity index (χ1) is 36.6. The third-order valence-electron chi connectivity index (χ3n) is 11.2. The molecule has 0 aliphatic rings. The van der Waals surface area contributed by atoms with Gasteiger partial charge in [0.05, 0.1) is 17.4 Å². The Bertz CT molecular complexity index is 3110. The summed E-state index contributed by atoms with van der Waals surface area (Å²) in [7, 11) is 0. The first-order valence-electron chi connectivity index (χ1n) is 20.1. The van der Waals surface area contributed by atoms with Crippen LogP contribution in [0.5, 0.6) is 0 Å². The van der Waals surface area contributed by atoms with Gasteiger partial charge in [-0.05, 0) is 63.7 Å². The average molecular weight is 1200 g/mol. The third kappa shape index (κ3) is 10.1. The molecule has 0 fully saturated rings. The van der Waals surface area contributed by atoms with E-state index in [9.17, 15) is 132 Å². The second-order valence-corrected chi connectivity index (χ2v) is 20.8. The summed E-state index contributed by atoms with van der Waals surface area (Å²) in [6, 6.07) is 4.22. The van der Waals surface area contributed by atoms with Gasteiger partial charge in [-0.2, -0.15) is 0 Å². The van der Waals surface area contributed by atoms with Crippen molar-refractivity contribution < 1.29 is 132 Å². The molecule has 79 heavy (non-hydrogen) atoms. The lowest BCUT2D eigenvalue weighted by molar-refractivity contribution is 0.380. The van der Waals surface area contributed by atoms with Gasteiger partial charge in [0.15, 0.2) is 175 Å². The number of hydrogen-bond donors (Lipinski definition) is 1. The Morgan fingerprint density at radius 2 is 0.392 bits per heavy atom. The molecule has 1 N–H and O–H groups in total. The van der Waals surface area contributed by atoms with E-state index >= 15 is 0 Å². The fraction of sp³-hybridized carbons (Fsp3) is 0.0444. The summed E-state index contributed by atoms with van der Waals surface area (Å²) in [5.41, 5.74) is 4.77. The number of rotatable bonds is 6. The molecule has 0 aliphatic heterocycles. The highest BCUT2D eigenvalue weighted by atomic mass is 27.2. The van der Waals surface area contributed by atoms with Gasteiger partial charge in [-0.3, -0.25) is 0 Å². The van der Waals surface area contributed by atoms with E-state index in [1.807, 2.05) is 0 Å². The van der Waals surface area contributed by atoms with Crippen LogP contribution >= 0.6 is 0 Å². The Labute approximate surface area is 424 Å². The number of aromatic nitrogens is 2. The Balaban J connectivity index is 0.000000213. The van der Waals surface area contributed by atoms with E-state index in [4.69, 9.17) is 0 Å². The quantitative estimate of drug-likeness (QED) is 0.0764. The molecule has 2 nitrogen and oxygen atoms in total. The van der Waals surface area contributed by atoms with Crippen LogP contribution in [0.3, 0.4) is 0 Å². The minimum atomic E-state index is -5.96. The van der Waals surface area contributed by atoms with Gasteiger partial charge in [0.1, 0.15) is 0 Å². The van der Waals surface area contributed by atoms with Crippen molar-refractivity contribution in [1.29, 1.82) is 0 Å². The van der Waals surface area contributed by atoms with Crippen molar-refractivity contribution in [3.63, 3.8) is 0 Å². The summed E-state index contributed by atoms with van der Waals surface area (Å²) >= 11 is -11.9. The average Bonchev–Trinajstić information content (AvgIpc) is 4.06. The molecule has 0 amide bonds. The summed E-state index contributed by atoms with van der Waals surface area (Å²) in [5.74, 6) is -89.2. The molecule has 1 heterocycles. The maximum atomic E-state index is 14.4. The van der Waals surface area contributed by atoms with Crippen LogP contribution in [0.2, 0.25) is 0 Å². The van der Waals surface area contributed by atoms with Crippen LogP contribution in [0.1, 0.15) is 11.1 Å². The van der Waals surface area contributed by atoms with Crippen LogP contribution in [-0.2, 0) is 0 Å². The first kappa shape index (κ1) is 61.2. The summed E-state index contributed by atoms with van der Waals surface area (Å²) in [6.45, 7) is 4.21. The van der Waals surface area contributed by atoms with Gasteiger partial charge in [0.25, 0.3) is 0 Å². The monoisotopic (exact) mass is 1200 g/mol. The lowest BCUT2D eigenvalue weighted by Crippen LogP contribution is -2.60. The molecule has 8 rings (SSSR count). The molecular weight excluding hydrogens is 1190 g/mol. The molecule has 1 aromatic heterocycles. The molecule has 8 aromatic rings. The van der Waals surface area contributed by atoms with E-state index in [-0.39, 0.29) is 0 Å². The van der Waals surface area contributed by atoms with Crippen molar-refractivity contribution in [2.24, 2.45) is 0 Å². The van der Waals surface area contributed by atoms with Gasteiger partial charge in [0, 0.05) is 0 Å². The van der Waals surface area contributed by atoms with E-state index in [1.165, 1.54) is 11.1 Å². The van der Waals surface area contributed by atoms with E-state index < -0.39 is 229 Å². The van der Waals surface area contributed by atoms with E-state index in [0.29, 0.717) is 0 Å². The number of imidazole rings is 1. The Kier molecular flexibility index (Phi) is 17.5.